The van der Waals surface area contributed by atoms with Crippen LogP contribution in [0.4, 0.5) is 0 Å². The van der Waals surface area contributed by atoms with Crippen molar-refractivity contribution in [1.82, 2.24) is 18.9 Å². The number of thiophene rings is 1. The van der Waals surface area contributed by atoms with E-state index in [2.05, 4.69) is 130 Å². The van der Waals surface area contributed by atoms with E-state index in [0.717, 1.165) is 38.8 Å². The SMILES string of the molecule is c1ccc2nc3c(nc2c1)c1cc(-n2c4ccccc4c4c5ccccc5c5c6ccccc6sc5c42)cc2c4ccccc4n3c21. The summed E-state index contributed by atoms with van der Waals surface area (Å²) < 4.78 is 7.47. The van der Waals surface area contributed by atoms with E-state index in [9.17, 15) is 0 Å². The van der Waals surface area contributed by atoms with Crippen LogP contribution in [0.3, 0.4) is 0 Å². The van der Waals surface area contributed by atoms with Crippen LogP contribution in [0, 0.1) is 0 Å². The highest BCUT2D eigenvalue weighted by atomic mass is 32.1. The molecule has 0 aliphatic carbocycles. The van der Waals surface area contributed by atoms with Gasteiger partial charge >= 0.3 is 0 Å². The van der Waals surface area contributed by atoms with Crippen molar-refractivity contribution in [2.75, 3.05) is 0 Å². The molecule has 5 heteroatoms. The first-order chi connectivity index (χ1) is 23.3. The van der Waals surface area contributed by atoms with Gasteiger partial charge in [0, 0.05) is 48.1 Å². The molecule has 0 amide bonds. The lowest BCUT2D eigenvalue weighted by atomic mass is 9.99. The van der Waals surface area contributed by atoms with Gasteiger partial charge in [0.15, 0.2) is 5.65 Å². The summed E-state index contributed by atoms with van der Waals surface area (Å²) in [6.45, 7) is 0. The number of rotatable bonds is 1. The Labute approximate surface area is 270 Å². The van der Waals surface area contributed by atoms with Gasteiger partial charge in [0.25, 0.3) is 0 Å². The molecule has 0 fully saturated rings. The molecule has 7 aromatic carbocycles. The van der Waals surface area contributed by atoms with Crippen molar-refractivity contribution in [1.29, 1.82) is 0 Å². The first-order valence-electron chi connectivity index (χ1n) is 15.9. The van der Waals surface area contributed by atoms with E-state index < -0.39 is 0 Å². The van der Waals surface area contributed by atoms with E-state index in [4.69, 9.17) is 9.97 Å². The summed E-state index contributed by atoms with van der Waals surface area (Å²) in [7, 11) is 0. The van der Waals surface area contributed by atoms with Gasteiger partial charge in [-0.3, -0.25) is 4.40 Å². The Bertz CT molecular complexity index is 3310. The molecule has 0 saturated carbocycles. The molecule has 0 radical (unpaired) electrons. The summed E-state index contributed by atoms with van der Waals surface area (Å²) in [5.41, 5.74) is 9.61. The van der Waals surface area contributed by atoms with Crippen LogP contribution in [0.2, 0.25) is 0 Å². The zero-order valence-corrected chi connectivity index (χ0v) is 25.7. The van der Waals surface area contributed by atoms with Crippen LogP contribution in [0.25, 0.3) is 108 Å². The largest absolute Gasteiger partial charge is 0.308 e. The highest BCUT2D eigenvalue weighted by Crippen LogP contribution is 2.49. The van der Waals surface area contributed by atoms with E-state index in [1.54, 1.807) is 0 Å². The van der Waals surface area contributed by atoms with E-state index in [1.165, 1.54) is 69.0 Å². The topological polar surface area (TPSA) is 35.1 Å². The number of aromatic nitrogens is 4. The summed E-state index contributed by atoms with van der Waals surface area (Å²) in [5, 5.41) is 11.4. The Morgan fingerprint density at radius 3 is 1.91 bits per heavy atom. The molecule has 0 aliphatic rings. The van der Waals surface area contributed by atoms with Gasteiger partial charge in [-0.15, -0.1) is 11.3 Å². The molecule has 47 heavy (non-hydrogen) atoms. The van der Waals surface area contributed by atoms with Gasteiger partial charge in [-0.2, -0.15) is 0 Å². The molecular formula is C42H22N4S. The average molecular weight is 615 g/mol. The Hall–Kier alpha value is -6.04. The van der Waals surface area contributed by atoms with Crippen molar-refractivity contribution in [3.63, 3.8) is 0 Å². The minimum atomic E-state index is 0.905. The summed E-state index contributed by atoms with van der Waals surface area (Å²) in [6, 6.07) is 48.3. The number of para-hydroxylation sites is 4. The number of fused-ring (bicyclic) bond motifs is 17. The predicted molar refractivity (Wildman–Crippen MR) is 199 cm³/mol. The summed E-state index contributed by atoms with van der Waals surface area (Å²) in [5.74, 6) is 0. The molecule has 0 unspecified atom stereocenters. The Morgan fingerprint density at radius 2 is 1.09 bits per heavy atom. The minimum Gasteiger partial charge on any atom is -0.308 e. The van der Waals surface area contributed by atoms with Gasteiger partial charge in [-0.05, 0) is 53.2 Å². The first-order valence-corrected chi connectivity index (χ1v) is 16.8. The van der Waals surface area contributed by atoms with Crippen molar-refractivity contribution in [3.8, 4) is 5.69 Å². The Balaban J connectivity index is 1.35. The van der Waals surface area contributed by atoms with Crippen LogP contribution >= 0.6 is 11.3 Å². The standard InChI is InChI=1S/C42H22N4S/c1-2-13-26-25(12-1)36-27-14-4-9-19-34(27)45(40(36)41-37(26)28-15-5-10-20-35(28)47-41)23-21-29-24-11-3-8-18-33(24)46-39(29)30(22-23)38-42(46)44-32-17-7-6-16-31(32)43-38/h1-22H. The second kappa shape index (κ2) is 8.40. The fraction of sp³-hybridized carbons (Fsp3) is 0. The van der Waals surface area contributed by atoms with Crippen LogP contribution in [0.5, 0.6) is 0 Å². The monoisotopic (exact) mass is 614 g/mol. The molecule has 12 aromatic rings. The molecule has 0 saturated heterocycles. The maximum absolute atomic E-state index is 5.25. The van der Waals surface area contributed by atoms with Crippen molar-refractivity contribution in [2.24, 2.45) is 0 Å². The van der Waals surface area contributed by atoms with Crippen molar-refractivity contribution in [2.45, 2.75) is 0 Å². The van der Waals surface area contributed by atoms with Crippen LogP contribution in [0.1, 0.15) is 0 Å². The molecule has 0 N–H and O–H groups in total. The van der Waals surface area contributed by atoms with Crippen LogP contribution in [-0.2, 0) is 0 Å². The highest BCUT2D eigenvalue weighted by Gasteiger charge is 2.25. The lowest BCUT2D eigenvalue weighted by Crippen LogP contribution is -1.94. The summed E-state index contributed by atoms with van der Waals surface area (Å²) >= 11 is 1.90. The minimum absolute atomic E-state index is 0.905. The maximum Gasteiger partial charge on any atom is 0.165 e. The third-order valence-corrected chi connectivity index (χ3v) is 11.4. The zero-order chi connectivity index (χ0) is 30.4. The van der Waals surface area contributed by atoms with E-state index in [-0.39, 0.29) is 0 Å². The molecular weight excluding hydrogens is 593 g/mol. The second-order valence-corrected chi connectivity index (χ2v) is 13.6. The number of hydrogen-bond donors (Lipinski definition) is 0. The predicted octanol–water partition coefficient (Wildman–Crippen LogP) is 11.4. The number of nitrogens with zero attached hydrogens (tertiary/aromatic N) is 4. The molecule has 5 aromatic heterocycles. The summed E-state index contributed by atoms with van der Waals surface area (Å²) in [4.78, 5) is 10.5. The normalized spacial score (nSPS) is 12.7. The molecule has 216 valence electrons. The Kier molecular flexibility index (Phi) is 4.33. The van der Waals surface area contributed by atoms with E-state index in [1.807, 2.05) is 23.5 Å². The third-order valence-electron chi connectivity index (χ3n) is 10.2. The molecule has 5 heterocycles. The Morgan fingerprint density at radius 1 is 0.468 bits per heavy atom. The molecule has 0 aliphatic heterocycles. The number of hydrogen-bond acceptors (Lipinski definition) is 3. The summed E-state index contributed by atoms with van der Waals surface area (Å²) in [6.07, 6.45) is 0. The van der Waals surface area contributed by atoms with E-state index >= 15 is 0 Å². The van der Waals surface area contributed by atoms with Gasteiger partial charge in [0.2, 0.25) is 0 Å². The quantitative estimate of drug-likeness (QED) is 0.184. The number of benzene rings is 7. The van der Waals surface area contributed by atoms with E-state index in [0.29, 0.717) is 0 Å². The molecule has 4 nitrogen and oxygen atoms in total. The fourth-order valence-corrected chi connectivity index (χ4v) is 9.59. The lowest BCUT2D eigenvalue weighted by Gasteiger charge is -2.11. The second-order valence-electron chi connectivity index (χ2n) is 12.6. The fourth-order valence-electron chi connectivity index (χ4n) is 8.33. The van der Waals surface area contributed by atoms with Crippen molar-refractivity contribution in [3.05, 3.63) is 133 Å². The smallest absolute Gasteiger partial charge is 0.165 e. The molecule has 0 spiro atoms. The van der Waals surface area contributed by atoms with Crippen LogP contribution < -0.4 is 0 Å². The van der Waals surface area contributed by atoms with Crippen molar-refractivity contribution >= 4 is 113 Å². The lowest BCUT2D eigenvalue weighted by molar-refractivity contribution is 1.20. The van der Waals surface area contributed by atoms with Crippen LogP contribution in [0.15, 0.2) is 133 Å². The van der Waals surface area contributed by atoms with Gasteiger partial charge < -0.3 is 4.57 Å². The van der Waals surface area contributed by atoms with Gasteiger partial charge in [0.1, 0.15) is 5.52 Å². The van der Waals surface area contributed by atoms with Crippen LogP contribution in [-0.4, -0.2) is 18.9 Å². The van der Waals surface area contributed by atoms with Gasteiger partial charge in [-0.25, -0.2) is 9.97 Å². The van der Waals surface area contributed by atoms with Gasteiger partial charge in [0.05, 0.1) is 37.8 Å². The highest BCUT2D eigenvalue weighted by molar-refractivity contribution is 7.27. The first kappa shape index (κ1) is 24.2. The molecule has 0 atom stereocenters. The molecule has 0 bridgehead atoms. The van der Waals surface area contributed by atoms with Gasteiger partial charge in [-0.1, -0.05) is 91.0 Å². The average Bonchev–Trinajstić information content (AvgIpc) is 3.86. The van der Waals surface area contributed by atoms with Crippen molar-refractivity contribution < 1.29 is 0 Å². The maximum atomic E-state index is 5.25. The zero-order valence-electron chi connectivity index (χ0n) is 24.9. The third kappa shape index (κ3) is 2.90. The molecule has 12 rings (SSSR count).